The van der Waals surface area contributed by atoms with Crippen molar-refractivity contribution < 1.29 is 9.53 Å². The molecule has 0 N–H and O–H groups in total. The average Bonchev–Trinajstić information content (AvgIpc) is 2.02. The monoisotopic (exact) mass is 171 g/mol. The van der Waals surface area contributed by atoms with E-state index in [-0.39, 0.29) is 0 Å². The van der Waals surface area contributed by atoms with Crippen molar-refractivity contribution in [2.24, 2.45) is 0 Å². The Morgan fingerprint density at radius 2 is 2.17 bits per heavy atom. The zero-order valence-corrected chi connectivity index (χ0v) is 8.04. The molecule has 70 valence electrons. The Labute approximate surface area is 74.0 Å². The largest absolute Gasteiger partial charge is 0.489 e. The summed E-state index contributed by atoms with van der Waals surface area (Å²) in [7, 11) is 3.71. The first kappa shape index (κ1) is 11.0. The van der Waals surface area contributed by atoms with Crippen molar-refractivity contribution in [3.63, 3.8) is 0 Å². The van der Waals surface area contributed by atoms with Crippen LogP contribution in [0.2, 0.25) is 0 Å². The molecule has 0 saturated carbocycles. The number of rotatable bonds is 6. The molecule has 0 saturated heterocycles. The quantitative estimate of drug-likeness (QED) is 0.262. The minimum atomic E-state index is 0.397. The van der Waals surface area contributed by atoms with E-state index in [0.29, 0.717) is 12.4 Å². The van der Waals surface area contributed by atoms with E-state index in [1.807, 2.05) is 14.1 Å². The molecule has 0 amide bonds. The van der Waals surface area contributed by atoms with Crippen molar-refractivity contribution in [2.75, 3.05) is 20.7 Å². The van der Waals surface area contributed by atoms with Crippen LogP contribution in [0.3, 0.4) is 0 Å². The van der Waals surface area contributed by atoms with Crippen LogP contribution in [0.25, 0.3) is 0 Å². The fourth-order valence-electron chi connectivity index (χ4n) is 0.691. The Balaban J connectivity index is 3.75. The number of carbonyl (C=O) groups excluding carboxylic acids is 1. The normalized spacial score (nSPS) is 11.1. The van der Waals surface area contributed by atoms with Gasteiger partial charge in [0.2, 0.25) is 0 Å². The molecule has 0 aliphatic heterocycles. The van der Waals surface area contributed by atoms with E-state index in [1.54, 1.807) is 11.1 Å². The molecule has 0 radical (unpaired) electrons. The predicted molar refractivity (Wildman–Crippen MR) is 48.7 cm³/mol. The van der Waals surface area contributed by atoms with Gasteiger partial charge in [0.15, 0.2) is 12.0 Å². The molecule has 0 rings (SSSR count). The lowest BCUT2D eigenvalue weighted by Crippen LogP contribution is -2.06. The maximum Gasteiger partial charge on any atom is 0.186 e. The van der Waals surface area contributed by atoms with E-state index >= 15 is 0 Å². The number of allylic oxidation sites excluding steroid dienone is 1. The van der Waals surface area contributed by atoms with E-state index in [0.717, 1.165) is 19.1 Å². The van der Waals surface area contributed by atoms with Crippen molar-refractivity contribution in [3.05, 3.63) is 12.0 Å². The van der Waals surface area contributed by atoms with Crippen LogP contribution in [0.1, 0.15) is 19.8 Å². The van der Waals surface area contributed by atoms with E-state index < -0.39 is 0 Å². The highest BCUT2D eigenvalue weighted by Gasteiger charge is 1.95. The molecule has 0 aromatic rings. The number of ether oxygens (including phenoxy) is 1. The maximum absolute atomic E-state index is 10.4. The first-order valence-electron chi connectivity index (χ1n) is 4.17. The molecule has 0 aliphatic carbocycles. The van der Waals surface area contributed by atoms with Crippen LogP contribution in [-0.4, -0.2) is 31.9 Å². The molecule has 0 aromatic heterocycles. The Hall–Kier alpha value is -0.990. The Kier molecular flexibility index (Phi) is 6.15. The van der Waals surface area contributed by atoms with Crippen LogP contribution in [-0.2, 0) is 9.53 Å². The van der Waals surface area contributed by atoms with Crippen molar-refractivity contribution in [3.8, 4) is 0 Å². The molecule has 3 heteroatoms. The number of unbranched alkanes of at least 4 members (excludes halogenated alkanes) is 1. The number of hydrogen-bond donors (Lipinski definition) is 0. The smallest absolute Gasteiger partial charge is 0.186 e. The molecule has 0 heterocycles. The van der Waals surface area contributed by atoms with E-state index in [2.05, 4.69) is 6.92 Å². The van der Waals surface area contributed by atoms with Gasteiger partial charge in [0.1, 0.15) is 0 Å². The van der Waals surface area contributed by atoms with Gasteiger partial charge in [0.25, 0.3) is 0 Å². The third-order valence-electron chi connectivity index (χ3n) is 1.27. The number of nitrogens with zero attached hydrogens (tertiary/aromatic N) is 1. The SMILES string of the molecule is CCCCOC(C=O)=CN(C)C. The van der Waals surface area contributed by atoms with Crippen LogP contribution in [0.15, 0.2) is 12.0 Å². The first-order valence-corrected chi connectivity index (χ1v) is 4.17. The van der Waals surface area contributed by atoms with Crippen LogP contribution in [0, 0.1) is 0 Å². The predicted octanol–water partition coefficient (Wildman–Crippen LogP) is 1.41. The summed E-state index contributed by atoms with van der Waals surface area (Å²) < 4.78 is 5.19. The summed E-state index contributed by atoms with van der Waals surface area (Å²) in [5, 5.41) is 0. The topological polar surface area (TPSA) is 29.5 Å². The van der Waals surface area contributed by atoms with Gasteiger partial charge in [-0.1, -0.05) is 13.3 Å². The Bertz CT molecular complexity index is 153. The minimum Gasteiger partial charge on any atom is -0.489 e. The summed E-state index contributed by atoms with van der Waals surface area (Å²) in [6.07, 6.45) is 4.46. The van der Waals surface area contributed by atoms with E-state index in [9.17, 15) is 4.79 Å². The van der Waals surface area contributed by atoms with Crippen molar-refractivity contribution in [1.29, 1.82) is 0 Å². The summed E-state index contributed by atoms with van der Waals surface area (Å²) in [6, 6.07) is 0. The van der Waals surface area contributed by atoms with E-state index in [4.69, 9.17) is 4.74 Å². The lowest BCUT2D eigenvalue weighted by atomic mass is 10.4. The number of aldehydes is 1. The zero-order valence-electron chi connectivity index (χ0n) is 8.04. The van der Waals surface area contributed by atoms with Crippen LogP contribution >= 0.6 is 0 Å². The number of hydrogen-bond acceptors (Lipinski definition) is 3. The standard InChI is InChI=1S/C9H17NO2/c1-4-5-6-12-9(8-11)7-10(2)3/h7-8H,4-6H2,1-3H3. The van der Waals surface area contributed by atoms with Gasteiger partial charge in [-0.25, -0.2) is 0 Å². The van der Waals surface area contributed by atoms with Crippen LogP contribution in [0.5, 0.6) is 0 Å². The molecule has 0 unspecified atom stereocenters. The first-order chi connectivity index (χ1) is 5.70. The van der Waals surface area contributed by atoms with Gasteiger partial charge in [-0.2, -0.15) is 0 Å². The van der Waals surface area contributed by atoms with Gasteiger partial charge >= 0.3 is 0 Å². The molecule has 0 atom stereocenters. The van der Waals surface area contributed by atoms with Gasteiger partial charge in [-0.15, -0.1) is 0 Å². The average molecular weight is 171 g/mol. The Morgan fingerprint density at radius 1 is 1.50 bits per heavy atom. The van der Waals surface area contributed by atoms with Gasteiger partial charge in [0, 0.05) is 20.3 Å². The summed E-state index contributed by atoms with van der Waals surface area (Å²) in [5.41, 5.74) is 0. The molecule has 0 aliphatic rings. The second kappa shape index (κ2) is 6.70. The highest BCUT2D eigenvalue weighted by Crippen LogP contribution is 1.97. The van der Waals surface area contributed by atoms with Gasteiger partial charge < -0.3 is 9.64 Å². The summed E-state index contributed by atoms with van der Waals surface area (Å²) in [4.78, 5) is 12.2. The molecule has 3 nitrogen and oxygen atoms in total. The fraction of sp³-hybridized carbons (Fsp3) is 0.667. The highest BCUT2D eigenvalue weighted by atomic mass is 16.5. The second-order valence-electron chi connectivity index (χ2n) is 2.81. The third kappa shape index (κ3) is 5.77. The van der Waals surface area contributed by atoms with Crippen molar-refractivity contribution in [1.82, 2.24) is 4.90 Å². The fourth-order valence-corrected chi connectivity index (χ4v) is 0.691. The lowest BCUT2D eigenvalue weighted by Gasteiger charge is -2.08. The molecule has 0 aromatic carbocycles. The van der Waals surface area contributed by atoms with Crippen molar-refractivity contribution >= 4 is 6.29 Å². The van der Waals surface area contributed by atoms with E-state index in [1.165, 1.54) is 0 Å². The summed E-state index contributed by atoms with van der Waals surface area (Å²) in [5.74, 6) is 0.397. The third-order valence-corrected chi connectivity index (χ3v) is 1.27. The second-order valence-corrected chi connectivity index (χ2v) is 2.81. The van der Waals surface area contributed by atoms with Gasteiger partial charge in [-0.05, 0) is 6.42 Å². The molecule has 0 bridgehead atoms. The summed E-state index contributed by atoms with van der Waals surface area (Å²) in [6.45, 7) is 2.70. The van der Waals surface area contributed by atoms with Crippen LogP contribution < -0.4 is 0 Å². The van der Waals surface area contributed by atoms with Crippen molar-refractivity contribution in [2.45, 2.75) is 19.8 Å². The molecule has 0 fully saturated rings. The molecular weight excluding hydrogens is 154 g/mol. The zero-order chi connectivity index (χ0) is 9.40. The van der Waals surface area contributed by atoms with Gasteiger partial charge in [-0.3, -0.25) is 4.79 Å². The van der Waals surface area contributed by atoms with Gasteiger partial charge in [0.05, 0.1) is 6.61 Å². The van der Waals surface area contributed by atoms with Crippen LogP contribution in [0.4, 0.5) is 0 Å². The maximum atomic E-state index is 10.4. The molecule has 0 spiro atoms. The highest BCUT2D eigenvalue weighted by molar-refractivity contribution is 5.69. The molecule has 12 heavy (non-hydrogen) atoms. The summed E-state index contributed by atoms with van der Waals surface area (Å²) >= 11 is 0. The minimum absolute atomic E-state index is 0.397. The Morgan fingerprint density at radius 3 is 2.58 bits per heavy atom. The lowest BCUT2D eigenvalue weighted by molar-refractivity contribution is -0.108. The molecular formula is C9H17NO2. The number of carbonyl (C=O) groups is 1.